The minimum absolute atomic E-state index is 0.172. The molecule has 0 aliphatic heterocycles. The van der Waals surface area contributed by atoms with E-state index in [9.17, 15) is 0 Å². The maximum atomic E-state index is 5.91. The molecule has 0 aliphatic rings. The topological polar surface area (TPSA) is 61.0 Å². The van der Waals surface area contributed by atoms with Crippen LogP contribution in [0.2, 0.25) is 0 Å². The fourth-order valence-electron chi connectivity index (χ4n) is 1.87. The summed E-state index contributed by atoms with van der Waals surface area (Å²) in [5, 5.41) is 0. The molecule has 2 aromatic rings. The van der Waals surface area contributed by atoms with Gasteiger partial charge in [0.1, 0.15) is 12.4 Å². The Morgan fingerprint density at radius 2 is 2.05 bits per heavy atom. The van der Waals surface area contributed by atoms with Crippen molar-refractivity contribution in [2.45, 2.75) is 39.3 Å². The minimum Gasteiger partial charge on any atom is -0.486 e. The van der Waals surface area contributed by atoms with Crippen LogP contribution in [-0.2, 0) is 13.0 Å². The number of nitrogens with two attached hydrogens (primary N) is 1. The summed E-state index contributed by atoms with van der Waals surface area (Å²) in [6, 6.07) is 9.97. The van der Waals surface area contributed by atoms with Gasteiger partial charge >= 0.3 is 0 Å². The van der Waals surface area contributed by atoms with Crippen LogP contribution in [0.3, 0.4) is 0 Å². The van der Waals surface area contributed by atoms with Crippen molar-refractivity contribution < 1.29 is 4.74 Å². The van der Waals surface area contributed by atoms with Crippen molar-refractivity contribution in [1.82, 2.24) is 9.97 Å². The van der Waals surface area contributed by atoms with E-state index in [0.29, 0.717) is 6.61 Å². The van der Waals surface area contributed by atoms with Gasteiger partial charge in [-0.15, -0.1) is 0 Å². The van der Waals surface area contributed by atoms with E-state index in [1.165, 1.54) is 0 Å². The zero-order valence-electron chi connectivity index (χ0n) is 12.0. The molecular weight excluding hydrogens is 250 g/mol. The molecule has 2 heterocycles. The molecule has 1 atom stereocenters. The van der Waals surface area contributed by atoms with Crippen molar-refractivity contribution in [3.05, 3.63) is 53.6 Å². The van der Waals surface area contributed by atoms with Gasteiger partial charge in [0.15, 0.2) is 0 Å². The normalized spacial score (nSPS) is 12.2. The first-order valence-electron chi connectivity index (χ1n) is 6.93. The molecule has 1 unspecified atom stereocenters. The summed E-state index contributed by atoms with van der Waals surface area (Å²) < 4.78 is 5.68. The maximum absolute atomic E-state index is 5.91. The first kappa shape index (κ1) is 14.5. The molecule has 0 aliphatic carbocycles. The zero-order valence-corrected chi connectivity index (χ0v) is 12.0. The molecule has 0 amide bonds. The molecule has 0 fully saturated rings. The highest BCUT2D eigenvalue weighted by Gasteiger charge is 2.03. The summed E-state index contributed by atoms with van der Waals surface area (Å²) in [6.07, 6.45) is 3.50. The van der Waals surface area contributed by atoms with E-state index >= 15 is 0 Å². The van der Waals surface area contributed by atoms with Crippen LogP contribution in [0.15, 0.2) is 36.5 Å². The van der Waals surface area contributed by atoms with E-state index in [-0.39, 0.29) is 6.04 Å². The van der Waals surface area contributed by atoms with Gasteiger partial charge in [0, 0.05) is 23.9 Å². The highest BCUT2D eigenvalue weighted by Crippen LogP contribution is 2.12. The standard InChI is InChI=1S/C16H21N3O/c1-3-13(17)9-14-7-8-16(10-18-14)20-11-15-6-4-5-12(2)19-15/h4-8,10,13H,3,9,11,17H2,1-2H3. The number of hydrogen-bond donors (Lipinski definition) is 1. The molecule has 0 aromatic carbocycles. The number of rotatable bonds is 6. The minimum atomic E-state index is 0.172. The Morgan fingerprint density at radius 1 is 1.20 bits per heavy atom. The predicted molar refractivity (Wildman–Crippen MR) is 79.5 cm³/mol. The highest BCUT2D eigenvalue weighted by molar-refractivity contribution is 5.21. The summed E-state index contributed by atoms with van der Waals surface area (Å²) in [5.74, 6) is 0.752. The van der Waals surface area contributed by atoms with Crippen LogP contribution < -0.4 is 10.5 Å². The van der Waals surface area contributed by atoms with Gasteiger partial charge in [-0.1, -0.05) is 13.0 Å². The molecule has 0 saturated heterocycles. The predicted octanol–water partition coefficient (Wildman–Crippen LogP) is 2.64. The van der Waals surface area contributed by atoms with Crippen LogP contribution in [0.25, 0.3) is 0 Å². The highest BCUT2D eigenvalue weighted by atomic mass is 16.5. The smallest absolute Gasteiger partial charge is 0.138 e. The largest absolute Gasteiger partial charge is 0.486 e. The third-order valence-corrected chi connectivity index (χ3v) is 3.13. The van der Waals surface area contributed by atoms with Gasteiger partial charge < -0.3 is 10.5 Å². The number of aromatic nitrogens is 2. The monoisotopic (exact) mass is 271 g/mol. The lowest BCUT2D eigenvalue weighted by atomic mass is 10.1. The van der Waals surface area contributed by atoms with Crippen molar-refractivity contribution in [3.8, 4) is 5.75 Å². The summed E-state index contributed by atoms with van der Waals surface area (Å²) in [7, 11) is 0. The molecule has 2 aromatic heterocycles. The lowest BCUT2D eigenvalue weighted by Gasteiger charge is -2.09. The fourth-order valence-corrected chi connectivity index (χ4v) is 1.87. The lowest BCUT2D eigenvalue weighted by Crippen LogP contribution is -2.21. The van der Waals surface area contributed by atoms with Gasteiger partial charge in [-0.05, 0) is 37.6 Å². The Morgan fingerprint density at radius 3 is 2.70 bits per heavy atom. The van der Waals surface area contributed by atoms with Gasteiger partial charge in [-0.3, -0.25) is 9.97 Å². The molecule has 0 bridgehead atoms. The second kappa shape index (κ2) is 7.01. The second-order valence-electron chi connectivity index (χ2n) is 4.92. The molecular formula is C16H21N3O. The molecule has 4 heteroatoms. The van der Waals surface area contributed by atoms with Crippen LogP contribution >= 0.6 is 0 Å². The lowest BCUT2D eigenvalue weighted by molar-refractivity contribution is 0.299. The van der Waals surface area contributed by atoms with E-state index < -0.39 is 0 Å². The Hall–Kier alpha value is -1.94. The molecule has 2 N–H and O–H groups in total. The van der Waals surface area contributed by atoms with Crippen molar-refractivity contribution in [3.63, 3.8) is 0 Å². The van der Waals surface area contributed by atoms with Gasteiger partial charge in [-0.25, -0.2) is 0 Å². The molecule has 2 rings (SSSR count). The maximum Gasteiger partial charge on any atom is 0.138 e. The SMILES string of the molecule is CCC(N)Cc1ccc(OCc2cccc(C)n2)cn1. The molecule has 4 nitrogen and oxygen atoms in total. The average molecular weight is 271 g/mol. The van der Waals surface area contributed by atoms with Crippen LogP contribution in [0, 0.1) is 6.92 Å². The van der Waals surface area contributed by atoms with Gasteiger partial charge in [0.25, 0.3) is 0 Å². The van der Waals surface area contributed by atoms with Gasteiger partial charge in [-0.2, -0.15) is 0 Å². The van der Waals surface area contributed by atoms with E-state index in [4.69, 9.17) is 10.5 Å². The third kappa shape index (κ3) is 4.31. The van der Waals surface area contributed by atoms with Crippen LogP contribution in [0.4, 0.5) is 0 Å². The van der Waals surface area contributed by atoms with E-state index in [1.54, 1.807) is 6.20 Å². The summed E-state index contributed by atoms with van der Waals surface area (Å²) in [5.41, 5.74) is 8.82. The van der Waals surface area contributed by atoms with Crippen molar-refractivity contribution in [2.24, 2.45) is 5.73 Å². The third-order valence-electron chi connectivity index (χ3n) is 3.13. The van der Waals surface area contributed by atoms with Crippen molar-refractivity contribution >= 4 is 0 Å². The number of pyridine rings is 2. The van der Waals surface area contributed by atoms with E-state index in [1.807, 2.05) is 37.3 Å². The Kier molecular flexibility index (Phi) is 5.07. The quantitative estimate of drug-likeness (QED) is 0.877. The summed E-state index contributed by atoms with van der Waals surface area (Å²) >= 11 is 0. The number of hydrogen-bond acceptors (Lipinski definition) is 4. The van der Waals surface area contributed by atoms with Crippen molar-refractivity contribution in [2.75, 3.05) is 0 Å². The van der Waals surface area contributed by atoms with E-state index in [2.05, 4.69) is 16.9 Å². The number of nitrogens with zero attached hydrogens (tertiary/aromatic N) is 2. The first-order valence-corrected chi connectivity index (χ1v) is 6.93. The molecule has 20 heavy (non-hydrogen) atoms. The summed E-state index contributed by atoms with van der Waals surface area (Å²) in [6.45, 7) is 4.50. The zero-order chi connectivity index (χ0) is 14.4. The molecule has 106 valence electrons. The van der Waals surface area contributed by atoms with Crippen LogP contribution in [-0.4, -0.2) is 16.0 Å². The summed E-state index contributed by atoms with van der Waals surface area (Å²) in [4.78, 5) is 8.77. The number of ether oxygens (including phenoxy) is 1. The van der Waals surface area contributed by atoms with E-state index in [0.717, 1.165) is 35.7 Å². The average Bonchev–Trinajstić information content (AvgIpc) is 2.46. The van der Waals surface area contributed by atoms with Crippen LogP contribution in [0.1, 0.15) is 30.4 Å². The van der Waals surface area contributed by atoms with Crippen molar-refractivity contribution in [1.29, 1.82) is 0 Å². The fraction of sp³-hybridized carbons (Fsp3) is 0.375. The molecule has 0 saturated carbocycles. The second-order valence-corrected chi connectivity index (χ2v) is 4.92. The Bertz CT molecular complexity index is 540. The van der Waals surface area contributed by atoms with Crippen LogP contribution in [0.5, 0.6) is 5.75 Å². The Balaban J connectivity index is 1.90. The van der Waals surface area contributed by atoms with Gasteiger partial charge in [0.05, 0.1) is 11.9 Å². The first-order chi connectivity index (χ1) is 9.67. The Labute approximate surface area is 120 Å². The van der Waals surface area contributed by atoms with Gasteiger partial charge in [0.2, 0.25) is 0 Å². The number of aryl methyl sites for hydroxylation is 1. The molecule has 0 spiro atoms. The molecule has 0 radical (unpaired) electrons.